The van der Waals surface area contributed by atoms with Crippen molar-refractivity contribution in [2.24, 2.45) is 0 Å². The third-order valence-electron chi connectivity index (χ3n) is 3.82. The van der Waals surface area contributed by atoms with Gasteiger partial charge < -0.3 is 14.8 Å². The molecule has 0 saturated carbocycles. The minimum atomic E-state index is -4.60. The molecular formula is C20H18F3NO5. The van der Waals surface area contributed by atoms with E-state index in [0.29, 0.717) is 11.8 Å². The van der Waals surface area contributed by atoms with Crippen LogP contribution in [0.2, 0.25) is 0 Å². The molecule has 154 valence electrons. The van der Waals surface area contributed by atoms with E-state index in [0.717, 1.165) is 23.3 Å². The number of amides is 1. The van der Waals surface area contributed by atoms with E-state index >= 15 is 0 Å². The molecule has 0 radical (unpaired) electrons. The summed E-state index contributed by atoms with van der Waals surface area (Å²) in [5, 5.41) is 2.10. The maximum Gasteiger partial charge on any atom is 0.416 e. The highest BCUT2D eigenvalue weighted by molar-refractivity contribution is 5.97. The Bertz CT molecular complexity index is 904. The topological polar surface area (TPSA) is 81.7 Å². The van der Waals surface area contributed by atoms with Crippen LogP contribution in [-0.4, -0.2) is 31.0 Å². The molecule has 2 rings (SSSR count). The van der Waals surface area contributed by atoms with Crippen LogP contribution in [0.3, 0.4) is 0 Å². The SMILES string of the molecule is Cc1cccc(C)c1OCC(=O)OC(=O)CNC(=O)c1cccc(C(F)(F)F)c1. The molecule has 0 heterocycles. The van der Waals surface area contributed by atoms with Gasteiger partial charge in [-0.15, -0.1) is 0 Å². The van der Waals surface area contributed by atoms with E-state index in [-0.39, 0.29) is 5.56 Å². The van der Waals surface area contributed by atoms with Gasteiger partial charge in [-0.05, 0) is 43.2 Å². The Kier molecular flexibility index (Phi) is 6.98. The third kappa shape index (κ3) is 6.34. The first-order valence-corrected chi connectivity index (χ1v) is 8.46. The second kappa shape index (κ2) is 9.22. The molecule has 0 aliphatic rings. The number of aryl methyl sites for hydroxylation is 2. The monoisotopic (exact) mass is 409 g/mol. The van der Waals surface area contributed by atoms with Gasteiger partial charge in [0.05, 0.1) is 5.56 Å². The van der Waals surface area contributed by atoms with E-state index in [1.165, 1.54) is 6.07 Å². The van der Waals surface area contributed by atoms with Crippen LogP contribution in [-0.2, 0) is 20.5 Å². The van der Waals surface area contributed by atoms with Gasteiger partial charge in [-0.1, -0.05) is 24.3 Å². The second-order valence-corrected chi connectivity index (χ2v) is 6.12. The Labute approximate surface area is 164 Å². The van der Waals surface area contributed by atoms with Crippen molar-refractivity contribution in [3.63, 3.8) is 0 Å². The average molecular weight is 409 g/mol. The summed E-state index contributed by atoms with van der Waals surface area (Å²) >= 11 is 0. The van der Waals surface area contributed by atoms with Crippen LogP contribution < -0.4 is 10.1 Å². The molecule has 0 spiro atoms. The summed E-state index contributed by atoms with van der Waals surface area (Å²) in [5.41, 5.74) is 0.332. The highest BCUT2D eigenvalue weighted by atomic mass is 19.4. The fraction of sp³-hybridized carbons (Fsp3) is 0.250. The number of benzene rings is 2. The maximum atomic E-state index is 12.7. The van der Waals surface area contributed by atoms with Crippen molar-refractivity contribution in [3.05, 3.63) is 64.7 Å². The van der Waals surface area contributed by atoms with Gasteiger partial charge in [0.15, 0.2) is 6.61 Å². The molecule has 29 heavy (non-hydrogen) atoms. The van der Waals surface area contributed by atoms with E-state index in [9.17, 15) is 27.6 Å². The van der Waals surface area contributed by atoms with Crippen molar-refractivity contribution in [1.29, 1.82) is 0 Å². The third-order valence-corrected chi connectivity index (χ3v) is 3.82. The van der Waals surface area contributed by atoms with Gasteiger partial charge in [0, 0.05) is 5.56 Å². The molecule has 1 amide bonds. The van der Waals surface area contributed by atoms with E-state index in [2.05, 4.69) is 10.1 Å². The summed E-state index contributed by atoms with van der Waals surface area (Å²) in [4.78, 5) is 35.3. The number of hydrogen-bond acceptors (Lipinski definition) is 5. The van der Waals surface area contributed by atoms with Gasteiger partial charge in [-0.2, -0.15) is 13.2 Å². The second-order valence-electron chi connectivity index (χ2n) is 6.12. The number of carbonyl (C=O) groups excluding carboxylic acids is 3. The molecular weight excluding hydrogens is 391 g/mol. The zero-order valence-electron chi connectivity index (χ0n) is 15.6. The van der Waals surface area contributed by atoms with Crippen LogP contribution in [0.1, 0.15) is 27.0 Å². The number of nitrogens with one attached hydrogen (secondary N) is 1. The predicted octanol–water partition coefficient (Wildman–Crippen LogP) is 3.20. The number of ether oxygens (including phenoxy) is 2. The van der Waals surface area contributed by atoms with Crippen LogP contribution in [0.25, 0.3) is 0 Å². The molecule has 0 aliphatic carbocycles. The van der Waals surface area contributed by atoms with Crippen molar-refractivity contribution in [2.75, 3.05) is 13.2 Å². The number of rotatable bonds is 6. The minimum Gasteiger partial charge on any atom is -0.481 e. The lowest BCUT2D eigenvalue weighted by Crippen LogP contribution is -2.32. The summed E-state index contributed by atoms with van der Waals surface area (Å²) in [5.74, 6) is -2.45. The average Bonchev–Trinajstić information content (AvgIpc) is 2.65. The van der Waals surface area contributed by atoms with E-state index in [1.54, 1.807) is 26.0 Å². The molecule has 1 N–H and O–H groups in total. The fourth-order valence-corrected chi connectivity index (χ4v) is 2.44. The Morgan fingerprint density at radius 3 is 2.21 bits per heavy atom. The number of alkyl halides is 3. The standard InChI is InChI=1S/C20H18F3NO5/c1-12-5-3-6-13(2)18(12)28-11-17(26)29-16(25)10-24-19(27)14-7-4-8-15(9-14)20(21,22)23/h3-9H,10-11H2,1-2H3,(H,24,27). The summed E-state index contributed by atoms with van der Waals surface area (Å²) in [7, 11) is 0. The molecule has 0 fully saturated rings. The quantitative estimate of drug-likeness (QED) is 0.585. The van der Waals surface area contributed by atoms with Crippen molar-refractivity contribution < 1.29 is 37.0 Å². The van der Waals surface area contributed by atoms with Gasteiger partial charge in [0.2, 0.25) is 0 Å². The van der Waals surface area contributed by atoms with E-state index in [4.69, 9.17) is 4.74 Å². The number of para-hydroxylation sites is 1. The lowest BCUT2D eigenvalue weighted by Gasteiger charge is -2.11. The Morgan fingerprint density at radius 2 is 1.59 bits per heavy atom. The number of hydrogen-bond donors (Lipinski definition) is 1. The molecule has 0 unspecified atom stereocenters. The molecule has 6 nitrogen and oxygen atoms in total. The Morgan fingerprint density at radius 1 is 0.966 bits per heavy atom. The van der Waals surface area contributed by atoms with Gasteiger partial charge in [0.25, 0.3) is 5.91 Å². The van der Waals surface area contributed by atoms with Crippen molar-refractivity contribution in [3.8, 4) is 5.75 Å². The first-order valence-electron chi connectivity index (χ1n) is 8.46. The number of halogens is 3. The highest BCUT2D eigenvalue weighted by Crippen LogP contribution is 2.29. The summed E-state index contributed by atoms with van der Waals surface area (Å²) in [6.07, 6.45) is -4.60. The van der Waals surface area contributed by atoms with Crippen LogP contribution >= 0.6 is 0 Å². The first kappa shape index (κ1) is 21.9. The molecule has 0 atom stereocenters. The minimum absolute atomic E-state index is 0.280. The van der Waals surface area contributed by atoms with Crippen LogP contribution in [0.15, 0.2) is 42.5 Å². The molecule has 9 heteroatoms. The van der Waals surface area contributed by atoms with Crippen LogP contribution in [0.5, 0.6) is 5.75 Å². The number of carbonyl (C=O) groups is 3. The van der Waals surface area contributed by atoms with Crippen molar-refractivity contribution >= 4 is 17.8 Å². The lowest BCUT2D eigenvalue weighted by atomic mass is 10.1. The van der Waals surface area contributed by atoms with Gasteiger partial charge >= 0.3 is 18.1 Å². The highest BCUT2D eigenvalue weighted by Gasteiger charge is 2.30. The Balaban J connectivity index is 1.83. The first-order chi connectivity index (χ1) is 13.6. The van der Waals surface area contributed by atoms with E-state index in [1.807, 2.05) is 6.07 Å². The van der Waals surface area contributed by atoms with Crippen molar-refractivity contribution in [1.82, 2.24) is 5.32 Å². The van der Waals surface area contributed by atoms with Gasteiger partial charge in [-0.3, -0.25) is 4.79 Å². The molecule has 0 aromatic heterocycles. The normalized spacial score (nSPS) is 10.9. The number of esters is 2. The summed E-state index contributed by atoms with van der Waals surface area (Å²) in [6, 6.07) is 9.13. The molecule has 2 aromatic rings. The predicted molar refractivity (Wildman–Crippen MR) is 96.3 cm³/mol. The molecule has 0 bridgehead atoms. The van der Waals surface area contributed by atoms with Gasteiger partial charge in [0.1, 0.15) is 12.3 Å². The fourth-order valence-electron chi connectivity index (χ4n) is 2.44. The van der Waals surface area contributed by atoms with Gasteiger partial charge in [-0.25, -0.2) is 9.59 Å². The van der Waals surface area contributed by atoms with Crippen LogP contribution in [0, 0.1) is 13.8 Å². The summed E-state index contributed by atoms with van der Waals surface area (Å²) < 4.78 is 47.9. The zero-order valence-corrected chi connectivity index (χ0v) is 15.6. The largest absolute Gasteiger partial charge is 0.481 e. The zero-order chi connectivity index (χ0) is 21.6. The molecule has 2 aromatic carbocycles. The molecule has 0 saturated heterocycles. The molecule has 0 aliphatic heterocycles. The maximum absolute atomic E-state index is 12.7. The summed E-state index contributed by atoms with van der Waals surface area (Å²) in [6.45, 7) is 2.38. The van der Waals surface area contributed by atoms with E-state index < -0.39 is 42.7 Å². The van der Waals surface area contributed by atoms with Crippen LogP contribution in [0.4, 0.5) is 13.2 Å². The Hall–Kier alpha value is -3.36. The lowest BCUT2D eigenvalue weighted by molar-refractivity contribution is -0.160. The van der Waals surface area contributed by atoms with Crippen molar-refractivity contribution in [2.45, 2.75) is 20.0 Å². The smallest absolute Gasteiger partial charge is 0.416 e.